The first-order valence-electron chi connectivity index (χ1n) is 6.87. The number of hydrogen-bond acceptors (Lipinski definition) is 3. The van der Waals surface area contributed by atoms with E-state index in [1.54, 1.807) is 0 Å². The van der Waals surface area contributed by atoms with Crippen LogP contribution in [0.15, 0.2) is 12.1 Å². The van der Waals surface area contributed by atoms with E-state index in [4.69, 9.17) is 5.73 Å². The Labute approximate surface area is 124 Å². The summed E-state index contributed by atoms with van der Waals surface area (Å²) in [5.74, 6) is 6.27. The van der Waals surface area contributed by atoms with Gasteiger partial charge in [-0.05, 0) is 28.9 Å². The summed E-state index contributed by atoms with van der Waals surface area (Å²) in [4.78, 5) is 13.7. The van der Waals surface area contributed by atoms with E-state index in [0.717, 1.165) is 11.4 Å². The van der Waals surface area contributed by atoms with E-state index in [1.807, 2.05) is 12.1 Å². The van der Waals surface area contributed by atoms with Crippen molar-refractivity contribution in [3.63, 3.8) is 0 Å². The van der Waals surface area contributed by atoms with E-state index in [2.05, 4.69) is 44.9 Å². The van der Waals surface area contributed by atoms with Gasteiger partial charge in [0, 0.05) is 6.54 Å². The molecule has 1 aliphatic rings. The molecule has 1 saturated carbocycles. The van der Waals surface area contributed by atoms with Crippen LogP contribution in [0.4, 0.5) is 0 Å². The maximum absolute atomic E-state index is 12.1. The minimum Gasteiger partial charge on any atom is -0.351 e. The van der Waals surface area contributed by atoms with E-state index in [1.165, 1.54) is 11.3 Å². The summed E-state index contributed by atoms with van der Waals surface area (Å²) in [5, 5.41) is 3.04. The Kier molecular flexibility index (Phi) is 3.95. The first-order chi connectivity index (χ1) is 9.30. The molecule has 0 unspecified atom stereocenters. The standard InChI is InChI=1S/C16H22N2OS/c1-15(2)13(16(15,3)4)10-18-14(19)12-8-7-11(20-12)6-5-9-17/h7-8,13H,9-10,17H2,1-4H3,(H,18,19). The van der Waals surface area contributed by atoms with Crippen molar-refractivity contribution in [2.75, 3.05) is 13.1 Å². The van der Waals surface area contributed by atoms with Crippen molar-refractivity contribution < 1.29 is 4.79 Å². The molecular formula is C16H22N2OS. The van der Waals surface area contributed by atoms with Crippen LogP contribution in [0.25, 0.3) is 0 Å². The van der Waals surface area contributed by atoms with Gasteiger partial charge in [0.15, 0.2) is 0 Å². The third-order valence-electron chi connectivity index (χ3n) is 4.93. The second-order valence-electron chi connectivity index (χ2n) is 6.38. The zero-order valence-electron chi connectivity index (χ0n) is 12.5. The van der Waals surface area contributed by atoms with Gasteiger partial charge in [-0.1, -0.05) is 39.5 Å². The lowest BCUT2D eigenvalue weighted by Crippen LogP contribution is -2.26. The zero-order valence-corrected chi connectivity index (χ0v) is 13.4. The van der Waals surface area contributed by atoms with Crippen molar-refractivity contribution in [3.05, 3.63) is 21.9 Å². The fourth-order valence-electron chi connectivity index (χ4n) is 2.79. The lowest BCUT2D eigenvalue weighted by Gasteiger charge is -2.04. The molecular weight excluding hydrogens is 268 g/mol. The predicted molar refractivity (Wildman–Crippen MR) is 83.6 cm³/mol. The number of hydrogen-bond donors (Lipinski definition) is 2. The number of thiophene rings is 1. The summed E-state index contributed by atoms with van der Waals surface area (Å²) in [6.45, 7) is 10.1. The quantitative estimate of drug-likeness (QED) is 0.840. The van der Waals surface area contributed by atoms with Crippen molar-refractivity contribution in [1.29, 1.82) is 0 Å². The molecule has 1 amide bonds. The molecule has 4 heteroatoms. The van der Waals surface area contributed by atoms with Crippen LogP contribution in [0, 0.1) is 28.6 Å². The first kappa shape index (κ1) is 15.1. The van der Waals surface area contributed by atoms with Crippen LogP contribution in [-0.4, -0.2) is 19.0 Å². The highest BCUT2D eigenvalue weighted by molar-refractivity contribution is 7.14. The first-order valence-corrected chi connectivity index (χ1v) is 7.69. The molecule has 0 saturated heterocycles. The molecule has 2 rings (SSSR count). The molecule has 1 aliphatic carbocycles. The summed E-state index contributed by atoms with van der Waals surface area (Å²) in [7, 11) is 0. The third kappa shape index (κ3) is 2.61. The summed E-state index contributed by atoms with van der Waals surface area (Å²) < 4.78 is 0. The highest BCUT2D eigenvalue weighted by Gasteiger charge is 2.64. The van der Waals surface area contributed by atoms with Crippen molar-refractivity contribution >= 4 is 17.2 Å². The summed E-state index contributed by atoms with van der Waals surface area (Å²) in [5.41, 5.74) is 5.93. The van der Waals surface area contributed by atoms with Gasteiger partial charge < -0.3 is 11.1 Å². The minimum absolute atomic E-state index is 0.00528. The maximum Gasteiger partial charge on any atom is 0.261 e. The van der Waals surface area contributed by atoms with Crippen molar-refractivity contribution in [2.45, 2.75) is 27.7 Å². The number of nitrogens with two attached hydrogens (primary N) is 1. The minimum atomic E-state index is -0.00528. The number of nitrogens with one attached hydrogen (secondary N) is 1. The van der Waals surface area contributed by atoms with Gasteiger partial charge in [-0.15, -0.1) is 11.3 Å². The van der Waals surface area contributed by atoms with Crippen LogP contribution in [-0.2, 0) is 0 Å². The van der Waals surface area contributed by atoms with Crippen LogP contribution in [0.5, 0.6) is 0 Å². The van der Waals surface area contributed by atoms with Gasteiger partial charge in [0.1, 0.15) is 0 Å². The van der Waals surface area contributed by atoms with E-state index in [9.17, 15) is 4.79 Å². The third-order valence-corrected chi connectivity index (χ3v) is 5.93. The lowest BCUT2D eigenvalue weighted by molar-refractivity contribution is 0.0954. The van der Waals surface area contributed by atoms with Gasteiger partial charge in [0.05, 0.1) is 16.3 Å². The molecule has 0 atom stereocenters. The van der Waals surface area contributed by atoms with E-state index >= 15 is 0 Å². The SMILES string of the molecule is CC1(C)C(CNC(=O)c2ccc(C#CCN)s2)C1(C)C. The Hall–Kier alpha value is -1.31. The summed E-state index contributed by atoms with van der Waals surface area (Å²) >= 11 is 1.41. The fraction of sp³-hybridized carbons (Fsp3) is 0.562. The van der Waals surface area contributed by atoms with Gasteiger partial charge in [-0.25, -0.2) is 0 Å². The normalized spacial score (nSPS) is 19.1. The molecule has 0 spiro atoms. The smallest absolute Gasteiger partial charge is 0.261 e. The molecule has 0 bridgehead atoms. The Morgan fingerprint density at radius 3 is 2.55 bits per heavy atom. The Morgan fingerprint density at radius 2 is 2.00 bits per heavy atom. The van der Waals surface area contributed by atoms with Gasteiger partial charge >= 0.3 is 0 Å². The summed E-state index contributed by atoms with van der Waals surface area (Å²) in [6, 6.07) is 3.69. The molecule has 1 aromatic rings. The largest absolute Gasteiger partial charge is 0.351 e. The van der Waals surface area contributed by atoms with Gasteiger partial charge in [0.25, 0.3) is 5.91 Å². The highest BCUT2D eigenvalue weighted by Crippen LogP contribution is 2.67. The second-order valence-corrected chi connectivity index (χ2v) is 7.46. The molecule has 3 N–H and O–H groups in total. The highest BCUT2D eigenvalue weighted by atomic mass is 32.1. The van der Waals surface area contributed by atoms with Gasteiger partial charge in [-0.2, -0.15) is 0 Å². The van der Waals surface area contributed by atoms with E-state index in [0.29, 0.717) is 28.2 Å². The van der Waals surface area contributed by atoms with Gasteiger partial charge in [-0.3, -0.25) is 4.79 Å². The average Bonchev–Trinajstić information content (AvgIpc) is 2.76. The number of carbonyl (C=O) groups is 1. The fourth-order valence-corrected chi connectivity index (χ4v) is 3.59. The molecule has 1 heterocycles. The van der Waals surface area contributed by atoms with Crippen LogP contribution >= 0.6 is 11.3 Å². The molecule has 108 valence electrons. The van der Waals surface area contributed by atoms with Gasteiger partial charge in [0.2, 0.25) is 0 Å². The number of carbonyl (C=O) groups excluding carboxylic acids is 1. The van der Waals surface area contributed by atoms with Crippen molar-refractivity contribution in [3.8, 4) is 11.8 Å². The maximum atomic E-state index is 12.1. The van der Waals surface area contributed by atoms with Crippen LogP contribution < -0.4 is 11.1 Å². The van der Waals surface area contributed by atoms with Crippen molar-refractivity contribution in [2.24, 2.45) is 22.5 Å². The Balaban J connectivity index is 1.92. The molecule has 20 heavy (non-hydrogen) atoms. The monoisotopic (exact) mass is 290 g/mol. The summed E-state index contributed by atoms with van der Waals surface area (Å²) in [6.07, 6.45) is 0. The molecule has 3 nitrogen and oxygen atoms in total. The average molecular weight is 290 g/mol. The Bertz CT molecular complexity index is 561. The molecule has 0 radical (unpaired) electrons. The number of amides is 1. The molecule has 1 fully saturated rings. The molecule has 0 aromatic carbocycles. The van der Waals surface area contributed by atoms with Crippen LogP contribution in [0.1, 0.15) is 42.2 Å². The van der Waals surface area contributed by atoms with E-state index in [-0.39, 0.29) is 5.91 Å². The predicted octanol–water partition coefficient (Wildman–Crippen LogP) is 2.47. The topological polar surface area (TPSA) is 55.1 Å². The second kappa shape index (κ2) is 5.23. The van der Waals surface area contributed by atoms with E-state index < -0.39 is 0 Å². The number of rotatable bonds is 3. The van der Waals surface area contributed by atoms with Crippen molar-refractivity contribution in [1.82, 2.24) is 5.32 Å². The molecule has 0 aliphatic heterocycles. The van der Waals surface area contributed by atoms with Crippen LogP contribution in [0.3, 0.4) is 0 Å². The Morgan fingerprint density at radius 1 is 1.35 bits per heavy atom. The van der Waals surface area contributed by atoms with Crippen LogP contribution in [0.2, 0.25) is 0 Å². The molecule has 1 aromatic heterocycles. The lowest BCUT2D eigenvalue weighted by atomic mass is 10.0. The zero-order chi connectivity index (χ0) is 15.0.